The summed E-state index contributed by atoms with van der Waals surface area (Å²) in [7, 11) is 0. The highest BCUT2D eigenvalue weighted by Crippen LogP contribution is 2.46. The molecule has 0 bridgehead atoms. The van der Waals surface area contributed by atoms with E-state index < -0.39 is 0 Å². The first kappa shape index (κ1) is 18.6. The van der Waals surface area contributed by atoms with Crippen molar-refractivity contribution < 1.29 is 0 Å². The van der Waals surface area contributed by atoms with Gasteiger partial charge in [0.2, 0.25) is 0 Å². The average Bonchev–Trinajstić information content (AvgIpc) is 2.61. The summed E-state index contributed by atoms with van der Waals surface area (Å²) < 4.78 is 0. The van der Waals surface area contributed by atoms with Crippen LogP contribution in [0.3, 0.4) is 0 Å². The lowest BCUT2D eigenvalue weighted by Crippen LogP contribution is -2.30. The summed E-state index contributed by atoms with van der Waals surface area (Å²) in [5.41, 5.74) is -0.135. The highest BCUT2D eigenvalue weighted by atomic mass is 14.4. The molecule has 0 aromatic rings. The Morgan fingerprint density at radius 3 is 2.17 bits per heavy atom. The van der Waals surface area contributed by atoms with Crippen molar-refractivity contribution in [3.8, 4) is 6.07 Å². The quantitative estimate of drug-likeness (QED) is 0.462. The molecule has 0 heterocycles. The van der Waals surface area contributed by atoms with E-state index in [1.807, 2.05) is 0 Å². The predicted octanol–water partition coefficient (Wildman–Crippen LogP) is 7.04. The Morgan fingerprint density at radius 1 is 0.957 bits per heavy atom. The molecule has 0 saturated heterocycles. The van der Waals surface area contributed by atoms with Crippen molar-refractivity contribution in [2.45, 2.75) is 97.3 Å². The molecule has 23 heavy (non-hydrogen) atoms. The molecular formula is C22H37N. The SMILES string of the molecule is CCCC=CC1(C#N)CCC(C2CCC(CCCC)CC2)CC1. The van der Waals surface area contributed by atoms with Gasteiger partial charge in [0.15, 0.2) is 0 Å². The lowest BCUT2D eigenvalue weighted by Gasteiger charge is -2.39. The lowest BCUT2D eigenvalue weighted by atomic mass is 9.64. The summed E-state index contributed by atoms with van der Waals surface area (Å²) in [6, 6.07) is 2.64. The van der Waals surface area contributed by atoms with Crippen LogP contribution >= 0.6 is 0 Å². The Hall–Kier alpha value is -0.770. The minimum atomic E-state index is -0.135. The summed E-state index contributed by atoms with van der Waals surface area (Å²) in [5.74, 6) is 2.89. The maximum absolute atomic E-state index is 9.65. The van der Waals surface area contributed by atoms with Crippen molar-refractivity contribution >= 4 is 0 Å². The van der Waals surface area contributed by atoms with Crippen LogP contribution in [0.5, 0.6) is 0 Å². The Balaban J connectivity index is 1.77. The zero-order valence-corrected chi connectivity index (χ0v) is 15.5. The van der Waals surface area contributed by atoms with E-state index in [0.29, 0.717) is 0 Å². The van der Waals surface area contributed by atoms with E-state index >= 15 is 0 Å². The van der Waals surface area contributed by atoms with Gasteiger partial charge in [0.25, 0.3) is 0 Å². The molecule has 0 unspecified atom stereocenters. The number of hydrogen-bond acceptors (Lipinski definition) is 1. The Morgan fingerprint density at radius 2 is 1.61 bits per heavy atom. The molecule has 1 nitrogen and oxygen atoms in total. The highest BCUT2D eigenvalue weighted by molar-refractivity contribution is 5.14. The second kappa shape index (κ2) is 9.51. The van der Waals surface area contributed by atoms with Crippen LogP contribution in [0.25, 0.3) is 0 Å². The van der Waals surface area contributed by atoms with Gasteiger partial charge >= 0.3 is 0 Å². The maximum Gasteiger partial charge on any atom is 0.0753 e. The molecule has 0 aromatic heterocycles. The summed E-state index contributed by atoms with van der Waals surface area (Å²) >= 11 is 0. The second-order valence-corrected chi connectivity index (χ2v) is 8.22. The van der Waals surface area contributed by atoms with E-state index in [-0.39, 0.29) is 5.41 Å². The fraction of sp³-hybridized carbons (Fsp3) is 0.864. The van der Waals surface area contributed by atoms with Gasteiger partial charge in [-0.2, -0.15) is 5.26 Å². The summed E-state index contributed by atoms with van der Waals surface area (Å²) in [6.45, 7) is 4.52. The monoisotopic (exact) mass is 315 g/mol. The minimum Gasteiger partial charge on any atom is -0.197 e. The van der Waals surface area contributed by atoms with Gasteiger partial charge in [-0.1, -0.05) is 64.5 Å². The molecule has 0 N–H and O–H groups in total. The number of allylic oxidation sites excluding steroid dienone is 2. The van der Waals surface area contributed by atoms with Crippen LogP contribution in [0.4, 0.5) is 0 Å². The molecule has 0 radical (unpaired) electrons. The standard InChI is InChI=1S/C22H37N/c1-3-5-7-15-22(18-23)16-13-21(14-17-22)20-11-9-19(10-12-20)8-6-4-2/h7,15,19-21H,3-6,8-14,16-17H2,1-2H3. The van der Waals surface area contributed by atoms with Crippen LogP contribution in [0.1, 0.15) is 97.3 Å². The van der Waals surface area contributed by atoms with Crippen LogP contribution in [-0.2, 0) is 0 Å². The summed E-state index contributed by atoms with van der Waals surface area (Å²) in [5, 5.41) is 9.65. The van der Waals surface area contributed by atoms with Crippen LogP contribution in [0.2, 0.25) is 0 Å². The molecule has 1 heteroatoms. The molecule has 0 aromatic carbocycles. The van der Waals surface area contributed by atoms with Gasteiger partial charge in [0.1, 0.15) is 0 Å². The lowest BCUT2D eigenvalue weighted by molar-refractivity contribution is 0.136. The number of nitrogens with zero attached hydrogens (tertiary/aromatic N) is 1. The van der Waals surface area contributed by atoms with Crippen LogP contribution < -0.4 is 0 Å². The number of hydrogen-bond donors (Lipinski definition) is 0. The van der Waals surface area contributed by atoms with Crippen molar-refractivity contribution in [2.75, 3.05) is 0 Å². The Bertz CT molecular complexity index is 387. The van der Waals surface area contributed by atoms with Gasteiger partial charge in [-0.25, -0.2) is 0 Å². The Labute approximate surface area is 144 Å². The Kier molecular flexibility index (Phi) is 7.68. The van der Waals surface area contributed by atoms with Crippen molar-refractivity contribution in [3.63, 3.8) is 0 Å². The molecule has 2 saturated carbocycles. The van der Waals surface area contributed by atoms with Gasteiger partial charge < -0.3 is 0 Å². The fourth-order valence-electron chi connectivity index (χ4n) is 4.86. The van der Waals surface area contributed by atoms with Crippen molar-refractivity contribution in [1.82, 2.24) is 0 Å². The zero-order chi connectivity index (χ0) is 16.5. The zero-order valence-electron chi connectivity index (χ0n) is 15.5. The van der Waals surface area contributed by atoms with Gasteiger partial charge in [0.05, 0.1) is 11.5 Å². The number of rotatable bonds is 7. The molecular weight excluding hydrogens is 278 g/mol. The van der Waals surface area contributed by atoms with Crippen molar-refractivity contribution in [2.24, 2.45) is 23.2 Å². The smallest absolute Gasteiger partial charge is 0.0753 e. The van der Waals surface area contributed by atoms with Gasteiger partial charge in [0, 0.05) is 0 Å². The molecule has 2 aliphatic carbocycles. The van der Waals surface area contributed by atoms with Crippen LogP contribution in [-0.4, -0.2) is 0 Å². The maximum atomic E-state index is 9.65. The van der Waals surface area contributed by atoms with E-state index in [0.717, 1.165) is 37.0 Å². The second-order valence-electron chi connectivity index (χ2n) is 8.22. The molecule has 0 amide bonds. The van der Waals surface area contributed by atoms with E-state index in [9.17, 15) is 5.26 Å². The van der Waals surface area contributed by atoms with Crippen molar-refractivity contribution in [3.05, 3.63) is 12.2 Å². The van der Waals surface area contributed by atoms with Crippen LogP contribution in [0, 0.1) is 34.5 Å². The molecule has 0 spiro atoms. The van der Waals surface area contributed by atoms with Gasteiger partial charge in [-0.05, 0) is 62.7 Å². The van der Waals surface area contributed by atoms with E-state index in [2.05, 4.69) is 32.1 Å². The highest BCUT2D eigenvalue weighted by Gasteiger charge is 2.37. The average molecular weight is 316 g/mol. The van der Waals surface area contributed by atoms with E-state index in [1.165, 1.54) is 64.2 Å². The molecule has 130 valence electrons. The molecule has 2 aliphatic rings. The van der Waals surface area contributed by atoms with Gasteiger partial charge in [-0.15, -0.1) is 0 Å². The first-order valence-corrected chi connectivity index (χ1v) is 10.3. The van der Waals surface area contributed by atoms with Gasteiger partial charge in [-0.3, -0.25) is 0 Å². The molecule has 2 fully saturated rings. The third-order valence-electron chi connectivity index (χ3n) is 6.56. The molecule has 2 rings (SSSR count). The largest absolute Gasteiger partial charge is 0.197 e. The molecule has 0 aliphatic heterocycles. The fourth-order valence-corrected chi connectivity index (χ4v) is 4.86. The number of unbranched alkanes of at least 4 members (excludes halogenated alkanes) is 2. The summed E-state index contributed by atoms with van der Waals surface area (Å²) in [6.07, 6.45) is 21.7. The number of nitriles is 1. The van der Waals surface area contributed by atoms with Crippen LogP contribution in [0.15, 0.2) is 12.2 Å². The molecule has 0 atom stereocenters. The normalized spacial score (nSPS) is 35.3. The first-order chi connectivity index (χ1) is 11.2. The topological polar surface area (TPSA) is 23.8 Å². The minimum absolute atomic E-state index is 0.135. The van der Waals surface area contributed by atoms with Crippen molar-refractivity contribution in [1.29, 1.82) is 5.26 Å². The third-order valence-corrected chi connectivity index (χ3v) is 6.56. The third kappa shape index (κ3) is 5.37. The first-order valence-electron chi connectivity index (χ1n) is 10.3. The summed E-state index contributed by atoms with van der Waals surface area (Å²) in [4.78, 5) is 0. The van der Waals surface area contributed by atoms with E-state index in [1.54, 1.807) is 0 Å². The van der Waals surface area contributed by atoms with E-state index in [4.69, 9.17) is 0 Å². The predicted molar refractivity (Wildman–Crippen MR) is 99.0 cm³/mol.